The molecule has 1 aliphatic carbocycles. The van der Waals surface area contributed by atoms with Crippen LogP contribution in [-0.4, -0.2) is 20.2 Å². The molecule has 19 heavy (non-hydrogen) atoms. The zero-order valence-corrected chi connectivity index (χ0v) is 12.2. The molecule has 1 aromatic carbocycles. The second kappa shape index (κ2) is 5.44. The van der Waals surface area contributed by atoms with E-state index in [4.69, 9.17) is 4.74 Å². The first kappa shape index (κ1) is 12.8. The molecule has 3 rings (SSSR count). The van der Waals surface area contributed by atoms with Gasteiger partial charge in [-0.3, -0.25) is 0 Å². The Bertz CT molecular complexity index is 455. The number of ether oxygens (including phenoxy) is 1. The fourth-order valence-corrected chi connectivity index (χ4v) is 3.44. The molecule has 0 saturated carbocycles. The summed E-state index contributed by atoms with van der Waals surface area (Å²) in [6.07, 6.45) is 7.89. The number of hydrogen-bond acceptors (Lipinski definition) is 2. The van der Waals surface area contributed by atoms with Gasteiger partial charge in [0.2, 0.25) is 0 Å². The normalized spacial score (nSPS) is 22.8. The van der Waals surface area contributed by atoms with Crippen LogP contribution in [0.25, 0.3) is 0 Å². The van der Waals surface area contributed by atoms with Gasteiger partial charge >= 0.3 is 0 Å². The van der Waals surface area contributed by atoms with Crippen molar-refractivity contribution in [1.29, 1.82) is 0 Å². The maximum atomic E-state index is 5.83. The lowest BCUT2D eigenvalue weighted by atomic mass is 9.85. The van der Waals surface area contributed by atoms with E-state index in [1.165, 1.54) is 49.8 Å². The first-order chi connectivity index (χ1) is 9.28. The van der Waals surface area contributed by atoms with Gasteiger partial charge in [-0.25, -0.2) is 0 Å². The molecule has 0 radical (unpaired) electrons. The minimum absolute atomic E-state index is 0.820. The van der Waals surface area contributed by atoms with Crippen molar-refractivity contribution in [2.24, 2.45) is 5.92 Å². The van der Waals surface area contributed by atoms with E-state index in [-0.39, 0.29) is 0 Å². The number of likely N-dealkylation sites (N-methyl/N-ethyl adjacent to an activating group) is 1. The zero-order chi connectivity index (χ0) is 13.2. The second-order valence-electron chi connectivity index (χ2n) is 6.06. The van der Waals surface area contributed by atoms with Gasteiger partial charge in [0.15, 0.2) is 0 Å². The van der Waals surface area contributed by atoms with E-state index in [2.05, 4.69) is 31.0 Å². The van der Waals surface area contributed by atoms with Crippen LogP contribution in [0.5, 0.6) is 5.75 Å². The van der Waals surface area contributed by atoms with Gasteiger partial charge in [0.05, 0.1) is 12.2 Å². The minimum atomic E-state index is 0.820. The molecule has 1 aliphatic heterocycles. The van der Waals surface area contributed by atoms with Crippen molar-refractivity contribution in [1.82, 2.24) is 0 Å². The Kier molecular flexibility index (Phi) is 3.67. The number of fused-ring (bicyclic) bond motifs is 2. The van der Waals surface area contributed by atoms with E-state index >= 15 is 0 Å². The Labute approximate surface area is 116 Å². The molecule has 0 aromatic heterocycles. The molecule has 0 spiro atoms. The maximum Gasteiger partial charge on any atom is 0.142 e. The van der Waals surface area contributed by atoms with E-state index in [1.807, 2.05) is 0 Å². The van der Waals surface area contributed by atoms with Crippen molar-refractivity contribution in [3.8, 4) is 5.75 Å². The molecule has 0 saturated heterocycles. The van der Waals surface area contributed by atoms with Crippen LogP contribution in [0.2, 0.25) is 0 Å². The molecule has 104 valence electrons. The number of rotatable bonds is 1. The van der Waals surface area contributed by atoms with Crippen molar-refractivity contribution >= 4 is 5.69 Å². The van der Waals surface area contributed by atoms with Crippen LogP contribution < -0.4 is 9.64 Å². The summed E-state index contributed by atoms with van der Waals surface area (Å²) < 4.78 is 5.83. The summed E-state index contributed by atoms with van der Waals surface area (Å²) in [6, 6.07) is 4.70. The van der Waals surface area contributed by atoms with Crippen molar-refractivity contribution in [3.63, 3.8) is 0 Å². The smallest absolute Gasteiger partial charge is 0.142 e. The predicted octanol–water partition coefficient (Wildman–Crippen LogP) is 3.81. The summed E-state index contributed by atoms with van der Waals surface area (Å²) in [4.78, 5) is 2.33. The molecular weight excluding hydrogens is 234 g/mol. The minimum Gasteiger partial charge on any atom is -0.490 e. The molecule has 1 heterocycles. The number of nitrogens with zero attached hydrogens (tertiary/aromatic N) is 1. The lowest BCUT2D eigenvalue weighted by Crippen LogP contribution is -2.29. The summed E-state index contributed by atoms with van der Waals surface area (Å²) in [5.74, 6) is 2.03. The monoisotopic (exact) mass is 259 g/mol. The van der Waals surface area contributed by atoms with Crippen molar-refractivity contribution in [2.75, 3.05) is 25.1 Å². The standard InChI is InChI=1S/C17H25NO/c1-3-13-5-4-6-14-12-17-16(11-15(14)8-7-13)18(2)9-10-19-17/h11-13H,3-10H2,1-2H3. The Morgan fingerprint density at radius 1 is 1.21 bits per heavy atom. The van der Waals surface area contributed by atoms with Crippen LogP contribution >= 0.6 is 0 Å². The first-order valence-electron chi connectivity index (χ1n) is 7.77. The molecule has 2 nitrogen and oxygen atoms in total. The highest BCUT2D eigenvalue weighted by Gasteiger charge is 2.20. The highest BCUT2D eigenvalue weighted by Crippen LogP contribution is 2.36. The lowest BCUT2D eigenvalue weighted by molar-refractivity contribution is 0.310. The highest BCUT2D eigenvalue weighted by atomic mass is 16.5. The molecule has 0 fully saturated rings. The number of hydrogen-bond donors (Lipinski definition) is 0. The van der Waals surface area contributed by atoms with E-state index in [0.29, 0.717) is 0 Å². The Balaban J connectivity index is 1.91. The molecule has 0 bridgehead atoms. The van der Waals surface area contributed by atoms with E-state index in [0.717, 1.165) is 24.8 Å². The Morgan fingerprint density at radius 2 is 2.05 bits per heavy atom. The van der Waals surface area contributed by atoms with E-state index in [9.17, 15) is 0 Å². The third-order valence-electron chi connectivity index (χ3n) is 4.83. The van der Waals surface area contributed by atoms with Crippen molar-refractivity contribution in [2.45, 2.75) is 45.4 Å². The summed E-state index contributed by atoms with van der Waals surface area (Å²) in [6.45, 7) is 4.16. The van der Waals surface area contributed by atoms with Crippen LogP contribution in [0, 0.1) is 5.92 Å². The zero-order valence-electron chi connectivity index (χ0n) is 12.2. The van der Waals surface area contributed by atoms with E-state index < -0.39 is 0 Å². The predicted molar refractivity (Wildman–Crippen MR) is 80.2 cm³/mol. The van der Waals surface area contributed by atoms with Crippen LogP contribution in [0.15, 0.2) is 12.1 Å². The Morgan fingerprint density at radius 3 is 2.89 bits per heavy atom. The molecule has 1 unspecified atom stereocenters. The van der Waals surface area contributed by atoms with Crippen LogP contribution in [-0.2, 0) is 12.8 Å². The van der Waals surface area contributed by atoms with Gasteiger partial charge in [0.1, 0.15) is 12.4 Å². The summed E-state index contributed by atoms with van der Waals surface area (Å²) in [5.41, 5.74) is 4.39. The Hall–Kier alpha value is -1.18. The SMILES string of the molecule is CCC1CCCc2cc3c(cc2CC1)N(C)CCO3. The average Bonchev–Trinajstić information content (AvgIpc) is 2.40. The van der Waals surface area contributed by atoms with Crippen molar-refractivity contribution in [3.05, 3.63) is 23.3 Å². The maximum absolute atomic E-state index is 5.83. The van der Waals surface area contributed by atoms with Gasteiger partial charge in [-0.05, 0) is 54.9 Å². The molecule has 2 heteroatoms. The van der Waals surface area contributed by atoms with E-state index in [1.54, 1.807) is 5.56 Å². The topological polar surface area (TPSA) is 12.5 Å². The highest BCUT2D eigenvalue weighted by molar-refractivity contribution is 5.63. The fourth-order valence-electron chi connectivity index (χ4n) is 3.44. The number of anilines is 1. The lowest BCUT2D eigenvalue weighted by Gasteiger charge is -2.30. The number of benzene rings is 1. The molecule has 1 atom stereocenters. The molecule has 2 aliphatic rings. The van der Waals surface area contributed by atoms with Crippen LogP contribution in [0.4, 0.5) is 5.69 Å². The molecule has 1 aromatic rings. The quantitative estimate of drug-likeness (QED) is 0.760. The van der Waals surface area contributed by atoms with Crippen LogP contribution in [0.3, 0.4) is 0 Å². The molecular formula is C17H25NO. The third-order valence-corrected chi connectivity index (χ3v) is 4.83. The van der Waals surface area contributed by atoms with Gasteiger partial charge in [0, 0.05) is 7.05 Å². The largest absolute Gasteiger partial charge is 0.490 e. The van der Waals surface area contributed by atoms with Gasteiger partial charge in [-0.15, -0.1) is 0 Å². The average molecular weight is 259 g/mol. The van der Waals surface area contributed by atoms with Gasteiger partial charge in [-0.2, -0.15) is 0 Å². The fraction of sp³-hybridized carbons (Fsp3) is 0.647. The summed E-state index contributed by atoms with van der Waals surface area (Å²) in [5, 5.41) is 0. The third kappa shape index (κ3) is 2.58. The first-order valence-corrected chi connectivity index (χ1v) is 7.77. The molecule has 0 amide bonds. The number of aryl methyl sites for hydroxylation is 2. The summed E-state index contributed by atoms with van der Waals surface area (Å²) in [7, 11) is 2.17. The van der Waals surface area contributed by atoms with Crippen molar-refractivity contribution < 1.29 is 4.74 Å². The van der Waals surface area contributed by atoms with Gasteiger partial charge in [0.25, 0.3) is 0 Å². The summed E-state index contributed by atoms with van der Waals surface area (Å²) >= 11 is 0. The van der Waals surface area contributed by atoms with Gasteiger partial charge < -0.3 is 9.64 Å². The van der Waals surface area contributed by atoms with Gasteiger partial charge in [-0.1, -0.05) is 19.8 Å². The second-order valence-corrected chi connectivity index (χ2v) is 6.06. The van der Waals surface area contributed by atoms with Crippen LogP contribution in [0.1, 0.15) is 43.7 Å². The molecule has 0 N–H and O–H groups in total.